The van der Waals surface area contributed by atoms with Crippen LogP contribution in [0.4, 0.5) is 0 Å². The van der Waals surface area contributed by atoms with E-state index >= 15 is 0 Å². The minimum atomic E-state index is 0.216. The van der Waals surface area contributed by atoms with Gasteiger partial charge in [0, 0.05) is 44.1 Å². The Bertz CT molecular complexity index is 526. The maximum Gasteiger partial charge on any atom is 0.237 e. The molecule has 0 aliphatic carbocycles. The van der Waals surface area contributed by atoms with Gasteiger partial charge in [-0.15, -0.1) is 11.3 Å². The van der Waals surface area contributed by atoms with Crippen molar-refractivity contribution < 1.29 is 9.90 Å². The molecule has 1 atom stereocenters. The zero-order valence-corrected chi connectivity index (χ0v) is 14.7. The van der Waals surface area contributed by atoms with Crippen molar-refractivity contribution in [3.63, 3.8) is 0 Å². The Hall–Kier alpha value is -0.950. The zero-order valence-electron chi connectivity index (χ0n) is 13.9. The third kappa shape index (κ3) is 3.76. The summed E-state index contributed by atoms with van der Waals surface area (Å²) in [6, 6.07) is 2.45. The van der Waals surface area contributed by atoms with E-state index < -0.39 is 0 Å². The molecule has 0 radical (unpaired) electrons. The van der Waals surface area contributed by atoms with Crippen LogP contribution in [-0.2, 0) is 11.2 Å². The van der Waals surface area contributed by atoms with Gasteiger partial charge in [0.1, 0.15) is 0 Å². The summed E-state index contributed by atoms with van der Waals surface area (Å²) in [7, 11) is 0. The SMILES string of the molecule is CCC1c2ccsc2CCN1C(=O)CN1CCN(CCO)CC1. The van der Waals surface area contributed by atoms with Gasteiger partial charge in [-0.25, -0.2) is 0 Å². The van der Waals surface area contributed by atoms with E-state index in [1.165, 1.54) is 10.4 Å². The van der Waals surface area contributed by atoms with Crippen LogP contribution in [0.3, 0.4) is 0 Å². The molecule has 2 aliphatic rings. The van der Waals surface area contributed by atoms with Gasteiger partial charge in [-0.1, -0.05) is 6.92 Å². The van der Waals surface area contributed by atoms with Crippen molar-refractivity contribution in [2.45, 2.75) is 25.8 Å². The van der Waals surface area contributed by atoms with Gasteiger partial charge in [-0.3, -0.25) is 14.6 Å². The molecule has 0 aromatic carbocycles. The fraction of sp³-hybridized carbons (Fsp3) is 0.706. The summed E-state index contributed by atoms with van der Waals surface area (Å²) in [5.41, 5.74) is 1.37. The van der Waals surface area contributed by atoms with Crippen molar-refractivity contribution in [1.29, 1.82) is 0 Å². The molecule has 1 saturated heterocycles. The third-order valence-electron chi connectivity index (χ3n) is 5.04. The summed E-state index contributed by atoms with van der Waals surface area (Å²) in [5, 5.41) is 11.2. The number of piperazine rings is 1. The first-order chi connectivity index (χ1) is 11.2. The summed E-state index contributed by atoms with van der Waals surface area (Å²) in [4.78, 5) is 20.9. The van der Waals surface area contributed by atoms with E-state index in [0.29, 0.717) is 6.54 Å². The lowest BCUT2D eigenvalue weighted by Crippen LogP contribution is -2.51. The molecule has 1 aromatic heterocycles. The third-order valence-corrected chi connectivity index (χ3v) is 6.04. The highest BCUT2D eigenvalue weighted by atomic mass is 32.1. The van der Waals surface area contributed by atoms with Crippen molar-refractivity contribution in [3.05, 3.63) is 21.9 Å². The van der Waals surface area contributed by atoms with Gasteiger partial charge in [0.15, 0.2) is 0 Å². The van der Waals surface area contributed by atoms with E-state index in [1.807, 2.05) is 11.3 Å². The fourth-order valence-electron chi connectivity index (χ4n) is 3.73. The minimum Gasteiger partial charge on any atom is -0.395 e. The Balaban J connectivity index is 1.56. The van der Waals surface area contributed by atoms with Crippen LogP contribution in [-0.4, -0.2) is 78.1 Å². The number of β-amino-alcohol motifs (C(OH)–C–C–N with tert-alkyl or cyclic N) is 1. The van der Waals surface area contributed by atoms with Gasteiger partial charge in [0.25, 0.3) is 0 Å². The zero-order chi connectivity index (χ0) is 16.2. The fourth-order valence-corrected chi connectivity index (χ4v) is 4.66. The van der Waals surface area contributed by atoms with Gasteiger partial charge in [-0.2, -0.15) is 0 Å². The average molecular weight is 337 g/mol. The van der Waals surface area contributed by atoms with Gasteiger partial charge in [-0.05, 0) is 29.9 Å². The van der Waals surface area contributed by atoms with Gasteiger partial charge in [0.05, 0.1) is 19.2 Å². The van der Waals surface area contributed by atoms with Crippen LogP contribution < -0.4 is 0 Å². The highest BCUT2D eigenvalue weighted by molar-refractivity contribution is 7.10. The first kappa shape index (κ1) is 16.9. The molecule has 3 rings (SSSR count). The molecule has 1 aromatic rings. The molecule has 5 nitrogen and oxygen atoms in total. The molecule has 0 bridgehead atoms. The topological polar surface area (TPSA) is 47.0 Å². The number of amides is 1. The lowest BCUT2D eigenvalue weighted by atomic mass is 9.97. The van der Waals surface area contributed by atoms with Crippen LogP contribution in [0.15, 0.2) is 11.4 Å². The molecular formula is C17H27N3O2S. The maximum atomic E-state index is 12.8. The number of hydrogen-bond donors (Lipinski definition) is 1. The molecule has 0 saturated carbocycles. The molecule has 1 N–H and O–H groups in total. The quantitative estimate of drug-likeness (QED) is 0.877. The van der Waals surface area contributed by atoms with E-state index in [-0.39, 0.29) is 18.6 Å². The molecule has 23 heavy (non-hydrogen) atoms. The maximum absolute atomic E-state index is 12.8. The standard InChI is InChI=1S/C17H27N3O2S/c1-2-15-14-4-12-23-16(14)3-5-20(15)17(22)13-19-8-6-18(7-9-19)10-11-21/h4,12,15,21H,2-3,5-11,13H2,1H3. The van der Waals surface area contributed by atoms with E-state index in [2.05, 4.69) is 33.1 Å². The second-order valence-electron chi connectivity index (χ2n) is 6.40. The van der Waals surface area contributed by atoms with Gasteiger partial charge >= 0.3 is 0 Å². The lowest BCUT2D eigenvalue weighted by molar-refractivity contribution is -0.135. The number of nitrogens with zero attached hydrogens (tertiary/aromatic N) is 3. The summed E-state index contributed by atoms with van der Waals surface area (Å²) < 4.78 is 0. The second-order valence-corrected chi connectivity index (χ2v) is 7.40. The monoisotopic (exact) mass is 337 g/mol. The van der Waals surface area contributed by atoms with Crippen molar-refractivity contribution in [3.8, 4) is 0 Å². The first-order valence-electron chi connectivity index (χ1n) is 8.64. The van der Waals surface area contributed by atoms with Crippen molar-refractivity contribution >= 4 is 17.2 Å². The molecule has 0 spiro atoms. The summed E-state index contributed by atoms with van der Waals surface area (Å²) in [5.74, 6) is 0.268. The van der Waals surface area contributed by atoms with Gasteiger partial charge < -0.3 is 10.0 Å². The number of fused-ring (bicyclic) bond motifs is 1. The molecule has 1 fully saturated rings. The number of aliphatic hydroxyl groups excluding tert-OH is 1. The molecule has 1 amide bonds. The normalized spacial score (nSPS) is 23.0. The van der Waals surface area contributed by atoms with E-state index in [1.54, 1.807) is 0 Å². The Morgan fingerprint density at radius 1 is 1.26 bits per heavy atom. The molecule has 2 aliphatic heterocycles. The van der Waals surface area contributed by atoms with Crippen molar-refractivity contribution in [2.24, 2.45) is 0 Å². The Labute approximate surface area is 142 Å². The van der Waals surface area contributed by atoms with E-state index in [4.69, 9.17) is 5.11 Å². The van der Waals surface area contributed by atoms with Crippen LogP contribution in [0.2, 0.25) is 0 Å². The number of rotatable bonds is 5. The average Bonchev–Trinajstić information content (AvgIpc) is 3.04. The highest BCUT2D eigenvalue weighted by Gasteiger charge is 2.31. The smallest absolute Gasteiger partial charge is 0.237 e. The van der Waals surface area contributed by atoms with Crippen molar-refractivity contribution in [1.82, 2.24) is 14.7 Å². The van der Waals surface area contributed by atoms with Crippen LogP contribution in [0.1, 0.15) is 29.8 Å². The minimum absolute atomic E-state index is 0.216. The van der Waals surface area contributed by atoms with Gasteiger partial charge in [0.2, 0.25) is 5.91 Å². The van der Waals surface area contributed by atoms with Crippen LogP contribution >= 0.6 is 11.3 Å². The van der Waals surface area contributed by atoms with Crippen LogP contribution in [0.5, 0.6) is 0 Å². The second kappa shape index (κ2) is 7.75. The molecular weight excluding hydrogens is 310 g/mol. The number of carbonyl (C=O) groups is 1. The van der Waals surface area contributed by atoms with E-state index in [9.17, 15) is 4.79 Å². The highest BCUT2D eigenvalue weighted by Crippen LogP contribution is 2.35. The lowest BCUT2D eigenvalue weighted by Gasteiger charge is -2.38. The number of carbonyl (C=O) groups excluding carboxylic acids is 1. The molecule has 128 valence electrons. The van der Waals surface area contributed by atoms with E-state index in [0.717, 1.165) is 52.1 Å². The Morgan fingerprint density at radius 2 is 2.00 bits per heavy atom. The van der Waals surface area contributed by atoms with Crippen molar-refractivity contribution in [2.75, 3.05) is 52.4 Å². The van der Waals surface area contributed by atoms with Crippen LogP contribution in [0, 0.1) is 0 Å². The summed E-state index contributed by atoms with van der Waals surface area (Å²) in [6.45, 7) is 8.24. The number of hydrogen-bond acceptors (Lipinski definition) is 5. The predicted octanol–water partition coefficient (Wildman–Crippen LogP) is 1.19. The predicted molar refractivity (Wildman–Crippen MR) is 92.7 cm³/mol. The molecule has 1 unspecified atom stereocenters. The first-order valence-corrected chi connectivity index (χ1v) is 9.52. The summed E-state index contributed by atoms with van der Waals surface area (Å²) >= 11 is 1.82. The molecule has 3 heterocycles. The Kier molecular flexibility index (Phi) is 5.69. The molecule has 6 heteroatoms. The van der Waals surface area contributed by atoms with Crippen LogP contribution in [0.25, 0.3) is 0 Å². The summed E-state index contributed by atoms with van der Waals surface area (Å²) in [6.07, 6.45) is 1.99. The number of aliphatic hydroxyl groups is 1. The Morgan fingerprint density at radius 3 is 2.70 bits per heavy atom. The largest absolute Gasteiger partial charge is 0.395 e. The number of thiophene rings is 1.